The quantitative estimate of drug-likeness (QED) is 0.782. The third kappa shape index (κ3) is 1.98. The van der Waals surface area contributed by atoms with E-state index in [2.05, 4.69) is 16.5 Å². The molecule has 0 N–H and O–H groups in total. The highest BCUT2D eigenvalue weighted by Crippen LogP contribution is 2.22. The van der Waals surface area contributed by atoms with Crippen molar-refractivity contribution in [2.24, 2.45) is 7.05 Å². The Morgan fingerprint density at radius 3 is 2.78 bits per heavy atom. The second-order valence-corrected chi connectivity index (χ2v) is 4.49. The van der Waals surface area contributed by atoms with Crippen LogP contribution in [0.1, 0.15) is 35.1 Å². The zero-order chi connectivity index (χ0) is 13.3. The standard InChI is InChI=1S/C14H18N2O2/c1-5-6-12-15-13-9(2)7-10(14(17)18-4)8-11(13)16(12)3/h7-8H,5-6H2,1-4H3. The van der Waals surface area contributed by atoms with E-state index in [0.717, 1.165) is 35.3 Å². The Kier molecular flexibility index (Phi) is 3.36. The molecule has 0 spiro atoms. The van der Waals surface area contributed by atoms with Gasteiger partial charge in [0.15, 0.2) is 0 Å². The van der Waals surface area contributed by atoms with Gasteiger partial charge in [0.05, 0.1) is 23.7 Å². The molecule has 1 aromatic heterocycles. The van der Waals surface area contributed by atoms with Crippen molar-refractivity contribution in [1.82, 2.24) is 9.55 Å². The summed E-state index contributed by atoms with van der Waals surface area (Å²) >= 11 is 0. The van der Waals surface area contributed by atoms with E-state index >= 15 is 0 Å². The minimum atomic E-state index is -0.307. The Morgan fingerprint density at radius 1 is 1.44 bits per heavy atom. The van der Waals surface area contributed by atoms with Gasteiger partial charge in [0.2, 0.25) is 0 Å². The van der Waals surface area contributed by atoms with Crippen molar-refractivity contribution in [3.63, 3.8) is 0 Å². The van der Waals surface area contributed by atoms with Gasteiger partial charge in [0.25, 0.3) is 0 Å². The van der Waals surface area contributed by atoms with Crippen molar-refractivity contribution in [2.75, 3.05) is 7.11 Å². The van der Waals surface area contributed by atoms with Gasteiger partial charge >= 0.3 is 5.97 Å². The average Bonchev–Trinajstić information content (AvgIpc) is 2.67. The van der Waals surface area contributed by atoms with Crippen molar-refractivity contribution < 1.29 is 9.53 Å². The second-order valence-electron chi connectivity index (χ2n) is 4.49. The van der Waals surface area contributed by atoms with Gasteiger partial charge < -0.3 is 9.30 Å². The van der Waals surface area contributed by atoms with Gasteiger partial charge in [-0.05, 0) is 31.0 Å². The van der Waals surface area contributed by atoms with Crippen LogP contribution in [0.3, 0.4) is 0 Å². The molecule has 0 aliphatic heterocycles. The molecule has 2 aromatic rings. The number of hydrogen-bond donors (Lipinski definition) is 0. The van der Waals surface area contributed by atoms with Gasteiger partial charge in [0.1, 0.15) is 5.82 Å². The average molecular weight is 246 g/mol. The molecule has 0 fully saturated rings. The van der Waals surface area contributed by atoms with Gasteiger partial charge in [-0.3, -0.25) is 0 Å². The van der Waals surface area contributed by atoms with Crippen LogP contribution in [0.25, 0.3) is 11.0 Å². The van der Waals surface area contributed by atoms with Crippen LogP contribution in [0, 0.1) is 6.92 Å². The van der Waals surface area contributed by atoms with Crippen molar-refractivity contribution in [2.45, 2.75) is 26.7 Å². The number of fused-ring (bicyclic) bond motifs is 1. The molecule has 0 radical (unpaired) electrons. The molecule has 0 saturated heterocycles. The highest BCUT2D eigenvalue weighted by molar-refractivity contribution is 5.95. The lowest BCUT2D eigenvalue weighted by molar-refractivity contribution is 0.0601. The first kappa shape index (κ1) is 12.6. The van der Waals surface area contributed by atoms with Crippen molar-refractivity contribution in [1.29, 1.82) is 0 Å². The Hall–Kier alpha value is -1.84. The Bertz CT molecular complexity index is 599. The van der Waals surface area contributed by atoms with Gasteiger partial charge in [-0.25, -0.2) is 9.78 Å². The lowest BCUT2D eigenvalue weighted by Crippen LogP contribution is -2.02. The fraction of sp³-hybridized carbons (Fsp3) is 0.429. The van der Waals surface area contributed by atoms with E-state index in [-0.39, 0.29) is 5.97 Å². The molecule has 0 aliphatic rings. The Balaban J connectivity index is 2.64. The van der Waals surface area contributed by atoms with Crippen molar-refractivity contribution in [3.8, 4) is 0 Å². The van der Waals surface area contributed by atoms with Crippen LogP contribution >= 0.6 is 0 Å². The minimum Gasteiger partial charge on any atom is -0.465 e. The molecule has 0 bridgehead atoms. The van der Waals surface area contributed by atoms with Crippen LogP contribution in [-0.4, -0.2) is 22.6 Å². The molecular weight excluding hydrogens is 228 g/mol. The number of nitrogens with zero attached hydrogens (tertiary/aromatic N) is 2. The molecule has 1 heterocycles. The van der Waals surface area contributed by atoms with Crippen LogP contribution in [0.15, 0.2) is 12.1 Å². The Labute approximate surface area is 107 Å². The SMILES string of the molecule is CCCc1nc2c(C)cc(C(=O)OC)cc2n1C. The predicted octanol–water partition coefficient (Wildman–Crippen LogP) is 2.62. The number of benzene rings is 1. The summed E-state index contributed by atoms with van der Waals surface area (Å²) in [6, 6.07) is 3.68. The fourth-order valence-electron chi connectivity index (χ4n) is 2.19. The van der Waals surface area contributed by atoms with Crippen LogP contribution < -0.4 is 0 Å². The molecule has 96 valence electrons. The number of carbonyl (C=O) groups excluding carboxylic acids is 1. The monoisotopic (exact) mass is 246 g/mol. The van der Waals surface area contributed by atoms with Gasteiger partial charge in [0, 0.05) is 13.5 Å². The number of ether oxygens (including phenoxy) is 1. The predicted molar refractivity (Wildman–Crippen MR) is 70.8 cm³/mol. The number of aromatic nitrogens is 2. The van der Waals surface area contributed by atoms with E-state index in [4.69, 9.17) is 4.74 Å². The Morgan fingerprint density at radius 2 is 2.17 bits per heavy atom. The number of imidazole rings is 1. The third-order valence-electron chi connectivity index (χ3n) is 3.16. The molecule has 18 heavy (non-hydrogen) atoms. The molecule has 0 saturated carbocycles. The van der Waals surface area contributed by atoms with E-state index in [1.165, 1.54) is 7.11 Å². The number of rotatable bonds is 3. The summed E-state index contributed by atoms with van der Waals surface area (Å²) in [5.41, 5.74) is 3.53. The van der Waals surface area contributed by atoms with E-state index < -0.39 is 0 Å². The van der Waals surface area contributed by atoms with Gasteiger partial charge in [-0.1, -0.05) is 6.92 Å². The smallest absolute Gasteiger partial charge is 0.337 e. The van der Waals surface area contributed by atoms with Crippen molar-refractivity contribution >= 4 is 17.0 Å². The largest absolute Gasteiger partial charge is 0.465 e. The number of hydrogen-bond acceptors (Lipinski definition) is 3. The zero-order valence-corrected chi connectivity index (χ0v) is 11.3. The summed E-state index contributed by atoms with van der Waals surface area (Å²) in [7, 11) is 3.38. The second kappa shape index (κ2) is 4.80. The van der Waals surface area contributed by atoms with Crippen LogP contribution in [0.5, 0.6) is 0 Å². The maximum absolute atomic E-state index is 11.6. The first-order valence-electron chi connectivity index (χ1n) is 6.12. The molecule has 0 atom stereocenters. The summed E-state index contributed by atoms with van der Waals surface area (Å²) in [5, 5.41) is 0. The van der Waals surface area contributed by atoms with Crippen molar-refractivity contribution in [3.05, 3.63) is 29.1 Å². The highest BCUT2D eigenvalue weighted by Gasteiger charge is 2.14. The number of aryl methyl sites for hydroxylation is 3. The molecule has 4 nitrogen and oxygen atoms in total. The lowest BCUT2D eigenvalue weighted by Gasteiger charge is -2.03. The minimum absolute atomic E-state index is 0.307. The third-order valence-corrected chi connectivity index (χ3v) is 3.16. The van der Waals surface area contributed by atoms with E-state index in [1.807, 2.05) is 26.1 Å². The summed E-state index contributed by atoms with van der Waals surface area (Å²) in [5.74, 6) is 0.746. The summed E-state index contributed by atoms with van der Waals surface area (Å²) < 4.78 is 6.82. The molecule has 2 rings (SSSR count). The first-order valence-corrected chi connectivity index (χ1v) is 6.12. The summed E-state index contributed by atoms with van der Waals surface area (Å²) in [6.45, 7) is 4.10. The molecule has 4 heteroatoms. The van der Waals surface area contributed by atoms with Crippen LogP contribution in [0.4, 0.5) is 0 Å². The highest BCUT2D eigenvalue weighted by atomic mass is 16.5. The number of esters is 1. The molecule has 1 aromatic carbocycles. The first-order chi connectivity index (χ1) is 8.58. The van der Waals surface area contributed by atoms with E-state index in [9.17, 15) is 4.79 Å². The molecule has 0 aliphatic carbocycles. The number of carbonyl (C=O) groups is 1. The normalized spacial score (nSPS) is 10.9. The van der Waals surface area contributed by atoms with Crippen LogP contribution in [0.2, 0.25) is 0 Å². The number of methoxy groups -OCH3 is 1. The molecule has 0 amide bonds. The summed E-state index contributed by atoms with van der Waals surface area (Å²) in [6.07, 6.45) is 2.00. The maximum atomic E-state index is 11.6. The fourth-order valence-corrected chi connectivity index (χ4v) is 2.19. The van der Waals surface area contributed by atoms with Crippen LogP contribution in [-0.2, 0) is 18.2 Å². The van der Waals surface area contributed by atoms with Gasteiger partial charge in [-0.2, -0.15) is 0 Å². The molecular formula is C14H18N2O2. The molecule has 0 unspecified atom stereocenters. The lowest BCUT2D eigenvalue weighted by atomic mass is 10.1. The summed E-state index contributed by atoms with van der Waals surface area (Å²) in [4.78, 5) is 16.2. The van der Waals surface area contributed by atoms with E-state index in [1.54, 1.807) is 0 Å². The van der Waals surface area contributed by atoms with Gasteiger partial charge in [-0.15, -0.1) is 0 Å². The maximum Gasteiger partial charge on any atom is 0.337 e. The van der Waals surface area contributed by atoms with E-state index in [0.29, 0.717) is 5.56 Å². The zero-order valence-electron chi connectivity index (χ0n) is 11.3. The topological polar surface area (TPSA) is 44.1 Å².